The lowest BCUT2D eigenvalue weighted by Crippen LogP contribution is -2.37. The molecule has 1 N–H and O–H groups in total. The number of ether oxygens (including phenoxy) is 3. The lowest BCUT2D eigenvalue weighted by Gasteiger charge is -2.28. The minimum absolute atomic E-state index is 0.0436. The SMILES string of the molecule is COc1ccc(Cl)c(Oc2c(CCl)nc(N3CCOCC3)nc2NS(=O)(=O)c2ccc(C(C)(C)C)cc2)c1. The van der Waals surface area contributed by atoms with Crippen molar-refractivity contribution in [1.29, 1.82) is 0 Å². The Morgan fingerprint density at radius 3 is 2.37 bits per heavy atom. The Kier molecular flexibility index (Phi) is 8.56. The van der Waals surface area contributed by atoms with Crippen LogP contribution in [-0.4, -0.2) is 51.8 Å². The summed E-state index contributed by atoms with van der Waals surface area (Å²) in [4.78, 5) is 11.1. The van der Waals surface area contributed by atoms with Crippen LogP contribution in [0.4, 0.5) is 11.8 Å². The van der Waals surface area contributed by atoms with Gasteiger partial charge in [0.2, 0.25) is 5.95 Å². The van der Waals surface area contributed by atoms with Gasteiger partial charge in [-0.05, 0) is 35.2 Å². The van der Waals surface area contributed by atoms with E-state index in [0.717, 1.165) is 5.56 Å². The highest BCUT2D eigenvalue weighted by Crippen LogP contribution is 2.39. The van der Waals surface area contributed by atoms with Crippen molar-refractivity contribution in [1.82, 2.24) is 9.97 Å². The molecule has 1 aliphatic rings. The van der Waals surface area contributed by atoms with E-state index in [1.165, 1.54) is 7.11 Å². The summed E-state index contributed by atoms with van der Waals surface area (Å²) in [6.45, 7) is 8.27. The zero-order valence-electron chi connectivity index (χ0n) is 21.6. The first-order valence-electron chi connectivity index (χ1n) is 12.0. The van der Waals surface area contributed by atoms with Gasteiger partial charge in [0.25, 0.3) is 10.0 Å². The topological polar surface area (TPSA) is 103 Å². The molecular formula is C26H30Cl2N4O5S. The van der Waals surface area contributed by atoms with Gasteiger partial charge in [0.1, 0.15) is 17.2 Å². The van der Waals surface area contributed by atoms with E-state index in [2.05, 4.69) is 35.5 Å². The van der Waals surface area contributed by atoms with Crippen LogP contribution in [0.25, 0.3) is 0 Å². The summed E-state index contributed by atoms with van der Waals surface area (Å²) < 4.78 is 46.4. The Morgan fingerprint density at radius 2 is 1.76 bits per heavy atom. The van der Waals surface area contributed by atoms with E-state index >= 15 is 0 Å². The van der Waals surface area contributed by atoms with Gasteiger partial charge in [-0.3, -0.25) is 4.72 Å². The second-order valence-corrected chi connectivity index (χ2v) is 12.0. The van der Waals surface area contributed by atoms with Crippen LogP contribution in [0.2, 0.25) is 5.02 Å². The van der Waals surface area contributed by atoms with Crippen LogP contribution in [0.15, 0.2) is 47.4 Å². The fraction of sp³-hybridized carbons (Fsp3) is 0.385. The van der Waals surface area contributed by atoms with Crippen molar-refractivity contribution in [2.75, 3.05) is 43.0 Å². The molecule has 0 atom stereocenters. The minimum Gasteiger partial charge on any atom is -0.497 e. The van der Waals surface area contributed by atoms with Crippen molar-refractivity contribution in [2.24, 2.45) is 0 Å². The molecule has 1 aliphatic heterocycles. The maximum atomic E-state index is 13.5. The van der Waals surface area contributed by atoms with Gasteiger partial charge in [-0.2, -0.15) is 4.98 Å². The van der Waals surface area contributed by atoms with Gasteiger partial charge in [-0.15, -0.1) is 11.6 Å². The monoisotopic (exact) mass is 580 g/mol. The number of methoxy groups -OCH3 is 1. The Hall–Kier alpha value is -2.79. The number of rotatable bonds is 8. The van der Waals surface area contributed by atoms with E-state index in [-0.39, 0.29) is 38.5 Å². The first-order valence-corrected chi connectivity index (χ1v) is 14.4. The molecule has 0 amide bonds. The zero-order chi connectivity index (χ0) is 27.5. The second-order valence-electron chi connectivity index (χ2n) is 9.66. The molecule has 0 saturated carbocycles. The Morgan fingerprint density at radius 1 is 1.08 bits per heavy atom. The molecule has 0 unspecified atom stereocenters. The zero-order valence-corrected chi connectivity index (χ0v) is 24.0. The number of nitrogens with one attached hydrogen (secondary N) is 1. The predicted octanol–water partition coefficient (Wildman–Crippen LogP) is 5.60. The number of halogens is 2. The number of hydrogen-bond acceptors (Lipinski definition) is 8. The van der Waals surface area contributed by atoms with E-state index in [1.54, 1.807) is 42.5 Å². The summed E-state index contributed by atoms with van der Waals surface area (Å²) in [6.07, 6.45) is 0. The fourth-order valence-electron chi connectivity index (χ4n) is 3.77. The number of alkyl halides is 1. The third-order valence-corrected chi connectivity index (χ3v) is 7.88. The van der Waals surface area contributed by atoms with Gasteiger partial charge < -0.3 is 19.1 Å². The van der Waals surface area contributed by atoms with Gasteiger partial charge in [0.15, 0.2) is 11.6 Å². The van der Waals surface area contributed by atoms with Gasteiger partial charge in [-0.1, -0.05) is 44.5 Å². The number of aromatic nitrogens is 2. The standard InChI is InChI=1S/C26H30Cl2N4O5S/c1-26(2,3)17-5-8-19(9-6-17)38(33,34)31-24-23(37-22-15-18(35-4)7-10-20(22)28)21(16-27)29-25(30-24)32-11-13-36-14-12-32/h5-10,15H,11-14,16H2,1-4H3,(H,29,30,31). The third kappa shape index (κ3) is 6.43. The number of hydrogen-bond donors (Lipinski definition) is 1. The summed E-state index contributed by atoms with van der Waals surface area (Å²) >= 11 is 12.6. The molecular weight excluding hydrogens is 551 g/mol. The molecule has 1 saturated heterocycles. The van der Waals surface area contributed by atoms with Crippen LogP contribution in [0.5, 0.6) is 17.2 Å². The van der Waals surface area contributed by atoms with Crippen molar-refractivity contribution in [3.63, 3.8) is 0 Å². The number of anilines is 2. The molecule has 0 aliphatic carbocycles. The largest absolute Gasteiger partial charge is 0.497 e. The predicted molar refractivity (Wildman–Crippen MR) is 149 cm³/mol. The van der Waals surface area contributed by atoms with Gasteiger partial charge in [0, 0.05) is 19.2 Å². The second kappa shape index (κ2) is 11.5. The van der Waals surface area contributed by atoms with Crippen molar-refractivity contribution < 1.29 is 22.6 Å². The van der Waals surface area contributed by atoms with Crippen LogP contribution in [0, 0.1) is 0 Å². The van der Waals surface area contributed by atoms with Crippen LogP contribution < -0.4 is 19.1 Å². The van der Waals surface area contributed by atoms with Crippen LogP contribution in [-0.2, 0) is 26.1 Å². The molecule has 204 valence electrons. The lowest BCUT2D eigenvalue weighted by molar-refractivity contribution is 0.122. The molecule has 3 aromatic rings. The average Bonchev–Trinajstić information content (AvgIpc) is 2.90. The maximum absolute atomic E-state index is 13.5. The molecule has 0 radical (unpaired) electrons. The highest BCUT2D eigenvalue weighted by molar-refractivity contribution is 7.92. The highest BCUT2D eigenvalue weighted by atomic mass is 35.5. The molecule has 0 spiro atoms. The number of sulfonamides is 1. The molecule has 12 heteroatoms. The molecule has 1 fully saturated rings. The molecule has 4 rings (SSSR count). The fourth-order valence-corrected chi connectivity index (χ4v) is 5.12. The van der Waals surface area contributed by atoms with Gasteiger partial charge >= 0.3 is 0 Å². The average molecular weight is 582 g/mol. The van der Waals surface area contributed by atoms with E-state index < -0.39 is 10.0 Å². The number of benzene rings is 2. The van der Waals surface area contributed by atoms with E-state index in [4.69, 9.17) is 37.4 Å². The summed E-state index contributed by atoms with van der Waals surface area (Å²) in [6, 6.07) is 11.6. The quantitative estimate of drug-likeness (QED) is 0.343. The van der Waals surface area contributed by atoms with Crippen LogP contribution in [0.1, 0.15) is 32.0 Å². The normalized spacial score (nSPS) is 14.3. The maximum Gasteiger partial charge on any atom is 0.263 e. The van der Waals surface area contributed by atoms with E-state index in [9.17, 15) is 8.42 Å². The van der Waals surface area contributed by atoms with Crippen molar-refractivity contribution in [3.05, 3.63) is 58.7 Å². The Balaban J connectivity index is 1.79. The number of morpholine rings is 1. The Labute approximate surface area is 233 Å². The summed E-state index contributed by atoms with van der Waals surface area (Å²) in [5.41, 5.74) is 1.18. The van der Waals surface area contributed by atoms with Gasteiger partial charge in [-0.25, -0.2) is 13.4 Å². The van der Waals surface area contributed by atoms with Crippen molar-refractivity contribution in [3.8, 4) is 17.2 Å². The highest BCUT2D eigenvalue weighted by Gasteiger charge is 2.26. The Bertz CT molecular complexity index is 1390. The van der Waals surface area contributed by atoms with Gasteiger partial charge in [0.05, 0.1) is 36.1 Å². The molecule has 38 heavy (non-hydrogen) atoms. The minimum atomic E-state index is -4.05. The first-order chi connectivity index (χ1) is 18.0. The van der Waals surface area contributed by atoms with Crippen molar-refractivity contribution in [2.45, 2.75) is 37.0 Å². The molecule has 2 heterocycles. The number of nitrogens with zero attached hydrogens (tertiary/aromatic N) is 3. The van der Waals surface area contributed by atoms with Crippen LogP contribution >= 0.6 is 23.2 Å². The third-order valence-electron chi connectivity index (χ3n) is 5.96. The summed E-state index contributed by atoms with van der Waals surface area (Å²) in [5, 5.41) is 0.287. The molecule has 1 aromatic heterocycles. The summed E-state index contributed by atoms with van der Waals surface area (Å²) in [7, 11) is -2.53. The van der Waals surface area contributed by atoms with E-state index in [1.807, 2.05) is 4.90 Å². The lowest BCUT2D eigenvalue weighted by atomic mass is 9.87. The van der Waals surface area contributed by atoms with Crippen LogP contribution in [0.3, 0.4) is 0 Å². The molecule has 0 bridgehead atoms. The molecule has 9 nitrogen and oxygen atoms in total. The van der Waals surface area contributed by atoms with E-state index in [0.29, 0.717) is 43.7 Å². The molecule has 2 aromatic carbocycles. The first kappa shape index (κ1) is 28.2. The van der Waals surface area contributed by atoms with Crippen molar-refractivity contribution >= 4 is 45.0 Å². The smallest absolute Gasteiger partial charge is 0.263 e. The summed E-state index contributed by atoms with van der Waals surface area (Å²) in [5.74, 6) is 0.969.